The summed E-state index contributed by atoms with van der Waals surface area (Å²) in [5, 5.41) is 0.636. The summed E-state index contributed by atoms with van der Waals surface area (Å²) in [5.74, 6) is 0.668. The van der Waals surface area contributed by atoms with Crippen molar-refractivity contribution in [2.24, 2.45) is 0 Å². The molecule has 0 aliphatic heterocycles. The molecular formula is C15H10Cl3FN2. The molecule has 0 amide bonds. The molecule has 0 atom stereocenters. The second kappa shape index (κ2) is 5.84. The standard InChI is InChI=1S/C15H10Cl3FN2/c16-7-6-14-20-15-11(18)2-1-3-13(15)21(14)9-4-5-10(17)12(19)8-9/h1-5,8H,6-7H2. The normalized spacial score (nSPS) is 11.2. The van der Waals surface area contributed by atoms with Crippen molar-refractivity contribution < 1.29 is 4.39 Å². The number of aryl methyl sites for hydroxylation is 1. The SMILES string of the molecule is Fc1cc(-n2c(CCCl)nc3c(Cl)cccc32)ccc1Cl. The van der Waals surface area contributed by atoms with E-state index in [4.69, 9.17) is 34.8 Å². The van der Waals surface area contributed by atoms with E-state index in [1.807, 2.05) is 16.7 Å². The predicted octanol–water partition coefficient (Wildman–Crippen LogP) is 5.25. The van der Waals surface area contributed by atoms with Crippen molar-refractivity contribution in [1.82, 2.24) is 9.55 Å². The number of rotatable bonds is 3. The molecule has 0 bridgehead atoms. The third kappa shape index (κ3) is 2.61. The summed E-state index contributed by atoms with van der Waals surface area (Å²) in [5.41, 5.74) is 2.13. The van der Waals surface area contributed by atoms with Crippen molar-refractivity contribution in [3.05, 3.63) is 58.1 Å². The first-order valence-electron chi connectivity index (χ1n) is 6.29. The Hall–Kier alpha value is -1.29. The van der Waals surface area contributed by atoms with Crippen LogP contribution in [0.5, 0.6) is 0 Å². The highest BCUT2D eigenvalue weighted by Gasteiger charge is 2.15. The predicted molar refractivity (Wildman–Crippen MR) is 85.5 cm³/mol. The Bertz CT molecular complexity index is 814. The van der Waals surface area contributed by atoms with Crippen LogP contribution in [0.25, 0.3) is 16.7 Å². The van der Waals surface area contributed by atoms with Crippen molar-refractivity contribution in [3.8, 4) is 5.69 Å². The van der Waals surface area contributed by atoms with Crippen LogP contribution < -0.4 is 0 Å². The van der Waals surface area contributed by atoms with Gasteiger partial charge in [0.15, 0.2) is 0 Å². The average Bonchev–Trinajstić information content (AvgIpc) is 2.82. The zero-order chi connectivity index (χ0) is 15.0. The van der Waals surface area contributed by atoms with Gasteiger partial charge in [-0.25, -0.2) is 9.37 Å². The lowest BCUT2D eigenvalue weighted by Gasteiger charge is -2.09. The van der Waals surface area contributed by atoms with E-state index < -0.39 is 5.82 Å². The van der Waals surface area contributed by atoms with Crippen molar-refractivity contribution >= 4 is 45.8 Å². The van der Waals surface area contributed by atoms with Crippen molar-refractivity contribution in [2.75, 3.05) is 5.88 Å². The van der Waals surface area contributed by atoms with Gasteiger partial charge in [-0.2, -0.15) is 0 Å². The second-order valence-electron chi connectivity index (χ2n) is 4.51. The Morgan fingerprint density at radius 1 is 1.10 bits per heavy atom. The van der Waals surface area contributed by atoms with E-state index in [1.54, 1.807) is 12.1 Å². The van der Waals surface area contributed by atoms with Crippen LogP contribution in [0.1, 0.15) is 5.82 Å². The maximum Gasteiger partial charge on any atom is 0.143 e. The number of fused-ring (bicyclic) bond motifs is 1. The summed E-state index contributed by atoms with van der Waals surface area (Å²) in [6.07, 6.45) is 0.552. The van der Waals surface area contributed by atoms with E-state index in [2.05, 4.69) is 4.98 Å². The van der Waals surface area contributed by atoms with Gasteiger partial charge in [0.25, 0.3) is 0 Å². The molecule has 0 N–H and O–H groups in total. The number of benzene rings is 2. The smallest absolute Gasteiger partial charge is 0.143 e. The first kappa shape index (κ1) is 14.6. The van der Waals surface area contributed by atoms with E-state index in [1.165, 1.54) is 12.1 Å². The molecule has 1 heterocycles. The summed E-state index contributed by atoms with van der Waals surface area (Å²) < 4.78 is 15.6. The molecule has 0 spiro atoms. The highest BCUT2D eigenvalue weighted by atomic mass is 35.5. The molecule has 0 saturated heterocycles. The van der Waals surface area contributed by atoms with Crippen molar-refractivity contribution in [1.29, 1.82) is 0 Å². The van der Waals surface area contributed by atoms with Crippen LogP contribution in [0.15, 0.2) is 36.4 Å². The Labute approximate surface area is 136 Å². The molecular weight excluding hydrogens is 334 g/mol. The summed E-state index contributed by atoms with van der Waals surface area (Å²) in [6.45, 7) is 0. The van der Waals surface area contributed by atoms with Gasteiger partial charge in [-0.05, 0) is 30.3 Å². The third-order valence-corrected chi connectivity index (χ3v) is 3.99. The molecule has 3 rings (SSSR count). The fraction of sp³-hybridized carbons (Fsp3) is 0.133. The Kier molecular flexibility index (Phi) is 4.07. The van der Waals surface area contributed by atoms with Crippen molar-refractivity contribution in [2.45, 2.75) is 6.42 Å². The van der Waals surface area contributed by atoms with E-state index >= 15 is 0 Å². The van der Waals surface area contributed by atoms with Gasteiger partial charge >= 0.3 is 0 Å². The number of halogens is 4. The topological polar surface area (TPSA) is 17.8 Å². The number of imidazole rings is 1. The zero-order valence-corrected chi connectivity index (χ0v) is 13.1. The Balaban J connectivity index is 2.30. The minimum Gasteiger partial charge on any atom is -0.296 e. The van der Waals surface area contributed by atoms with Gasteiger partial charge in [-0.3, -0.25) is 4.57 Å². The van der Waals surface area contributed by atoms with Gasteiger partial charge in [0, 0.05) is 12.3 Å². The molecule has 0 unspecified atom stereocenters. The van der Waals surface area contributed by atoms with Crippen LogP contribution in [-0.4, -0.2) is 15.4 Å². The number of nitrogens with zero attached hydrogens (tertiary/aromatic N) is 2. The molecule has 6 heteroatoms. The van der Waals surface area contributed by atoms with Crippen LogP contribution in [-0.2, 0) is 6.42 Å². The number of hydrogen-bond donors (Lipinski definition) is 0. The quantitative estimate of drug-likeness (QED) is 0.594. The molecule has 2 aromatic carbocycles. The molecule has 0 radical (unpaired) electrons. The Morgan fingerprint density at radius 3 is 2.62 bits per heavy atom. The summed E-state index contributed by atoms with van der Waals surface area (Å²) >= 11 is 17.8. The van der Waals surface area contributed by atoms with Crippen LogP contribution in [0.2, 0.25) is 10.0 Å². The number of alkyl halides is 1. The zero-order valence-electron chi connectivity index (χ0n) is 10.8. The van der Waals surface area contributed by atoms with Crippen molar-refractivity contribution in [3.63, 3.8) is 0 Å². The highest BCUT2D eigenvalue weighted by molar-refractivity contribution is 6.35. The lowest BCUT2D eigenvalue weighted by atomic mass is 10.2. The number of para-hydroxylation sites is 1. The summed E-state index contributed by atoms with van der Waals surface area (Å²) in [6, 6.07) is 10.1. The minimum atomic E-state index is -0.477. The van der Waals surface area contributed by atoms with Gasteiger partial charge in [0.1, 0.15) is 17.2 Å². The maximum atomic E-state index is 13.8. The lowest BCUT2D eigenvalue weighted by Crippen LogP contribution is -2.02. The third-order valence-electron chi connectivity index (χ3n) is 3.18. The van der Waals surface area contributed by atoms with E-state index in [-0.39, 0.29) is 5.02 Å². The fourth-order valence-electron chi connectivity index (χ4n) is 2.28. The molecule has 21 heavy (non-hydrogen) atoms. The number of aromatic nitrogens is 2. The molecule has 108 valence electrons. The second-order valence-corrected chi connectivity index (χ2v) is 5.70. The van der Waals surface area contributed by atoms with Gasteiger partial charge in [-0.1, -0.05) is 29.3 Å². The molecule has 0 fully saturated rings. The lowest BCUT2D eigenvalue weighted by molar-refractivity contribution is 0.627. The molecule has 2 nitrogen and oxygen atoms in total. The van der Waals surface area contributed by atoms with Gasteiger partial charge in [-0.15, -0.1) is 11.6 Å². The van der Waals surface area contributed by atoms with Crippen LogP contribution in [0.3, 0.4) is 0 Å². The maximum absolute atomic E-state index is 13.8. The van der Waals surface area contributed by atoms with Gasteiger partial charge in [0.05, 0.1) is 21.2 Å². The van der Waals surface area contributed by atoms with Crippen LogP contribution >= 0.6 is 34.8 Å². The fourth-order valence-corrected chi connectivity index (χ4v) is 2.78. The monoisotopic (exact) mass is 342 g/mol. The molecule has 0 aliphatic rings. The van der Waals surface area contributed by atoms with Crippen LogP contribution in [0, 0.1) is 5.82 Å². The first-order valence-corrected chi connectivity index (χ1v) is 7.58. The van der Waals surface area contributed by atoms with E-state index in [0.29, 0.717) is 28.5 Å². The van der Waals surface area contributed by atoms with E-state index in [9.17, 15) is 4.39 Å². The molecule has 1 aromatic heterocycles. The highest BCUT2D eigenvalue weighted by Crippen LogP contribution is 2.28. The molecule has 0 saturated carbocycles. The van der Waals surface area contributed by atoms with Gasteiger partial charge < -0.3 is 0 Å². The summed E-state index contributed by atoms with van der Waals surface area (Å²) in [4.78, 5) is 4.52. The average molecular weight is 344 g/mol. The molecule has 0 aliphatic carbocycles. The molecule has 3 aromatic rings. The van der Waals surface area contributed by atoms with Gasteiger partial charge in [0.2, 0.25) is 0 Å². The summed E-state index contributed by atoms with van der Waals surface area (Å²) in [7, 11) is 0. The first-order chi connectivity index (χ1) is 10.1. The van der Waals surface area contributed by atoms with Crippen LogP contribution in [0.4, 0.5) is 4.39 Å². The Morgan fingerprint density at radius 2 is 1.90 bits per heavy atom. The minimum absolute atomic E-state index is 0.0834. The van der Waals surface area contributed by atoms with E-state index in [0.717, 1.165) is 11.3 Å². The number of hydrogen-bond acceptors (Lipinski definition) is 1. The largest absolute Gasteiger partial charge is 0.296 e.